The minimum absolute atomic E-state index is 0.122. The van der Waals surface area contributed by atoms with Crippen molar-refractivity contribution in [2.75, 3.05) is 19.7 Å². The number of piperidine rings is 1. The van der Waals surface area contributed by atoms with Crippen molar-refractivity contribution < 1.29 is 9.53 Å². The molecule has 122 valence electrons. The lowest BCUT2D eigenvalue weighted by Crippen LogP contribution is -2.40. The summed E-state index contributed by atoms with van der Waals surface area (Å²) >= 11 is 0. The van der Waals surface area contributed by atoms with Crippen LogP contribution in [0.4, 0.5) is 0 Å². The Morgan fingerprint density at radius 2 is 2.22 bits per heavy atom. The average Bonchev–Trinajstić information content (AvgIpc) is 3.24. The molecule has 0 spiro atoms. The van der Waals surface area contributed by atoms with Gasteiger partial charge in [0.2, 0.25) is 5.91 Å². The molecule has 4 heterocycles. The molecule has 2 atom stereocenters. The average molecular weight is 314 g/mol. The molecule has 0 aliphatic carbocycles. The largest absolute Gasteiger partial charge is 0.378 e. The van der Waals surface area contributed by atoms with E-state index in [1.807, 2.05) is 33.7 Å². The number of nitrogens with zero attached hydrogens (tertiary/aromatic N) is 4. The lowest BCUT2D eigenvalue weighted by atomic mass is 9.96. The molecule has 0 N–H and O–H groups in total. The zero-order valence-electron chi connectivity index (χ0n) is 13.2. The smallest absolute Gasteiger partial charge is 0.225 e. The predicted octanol–water partition coefficient (Wildman–Crippen LogP) is 2.00. The summed E-state index contributed by atoms with van der Waals surface area (Å²) in [6.45, 7) is 2.38. The van der Waals surface area contributed by atoms with Crippen LogP contribution in [-0.2, 0) is 9.53 Å². The van der Waals surface area contributed by atoms with Crippen LogP contribution in [0.15, 0.2) is 24.4 Å². The first-order valence-corrected chi connectivity index (χ1v) is 8.50. The van der Waals surface area contributed by atoms with Crippen molar-refractivity contribution in [3.63, 3.8) is 0 Å². The van der Waals surface area contributed by atoms with Crippen LogP contribution in [-0.4, -0.2) is 51.2 Å². The molecule has 0 aromatic carbocycles. The van der Waals surface area contributed by atoms with E-state index in [1.165, 1.54) is 0 Å². The number of hydrogen-bond acceptors (Lipinski definition) is 4. The molecular formula is C17H22N4O2. The van der Waals surface area contributed by atoms with Gasteiger partial charge < -0.3 is 9.64 Å². The second kappa shape index (κ2) is 6.28. The fourth-order valence-electron chi connectivity index (χ4n) is 3.68. The van der Waals surface area contributed by atoms with Crippen molar-refractivity contribution >= 4 is 11.6 Å². The van der Waals surface area contributed by atoms with Gasteiger partial charge in [-0.3, -0.25) is 9.20 Å². The van der Waals surface area contributed by atoms with Gasteiger partial charge in [-0.15, -0.1) is 10.2 Å². The SMILES string of the molecule is O=C(C[C@H]1CCCO1)N1CCC[C@H](c2nnc3ccccn23)C1. The standard InChI is InChI=1S/C17H22N4O2/c22-16(11-14-6-4-10-23-14)20-8-3-5-13(12-20)17-19-18-15-7-1-2-9-21(15)17/h1-2,7,9,13-14H,3-6,8,10-12H2/t13-,14+/m0/s1. The third kappa shape index (κ3) is 2.95. The fraction of sp³-hybridized carbons (Fsp3) is 0.588. The summed E-state index contributed by atoms with van der Waals surface area (Å²) < 4.78 is 7.64. The van der Waals surface area contributed by atoms with Crippen LogP contribution >= 0.6 is 0 Å². The number of amides is 1. The summed E-state index contributed by atoms with van der Waals surface area (Å²) in [5.41, 5.74) is 0.866. The third-order valence-electron chi connectivity index (χ3n) is 4.91. The lowest BCUT2D eigenvalue weighted by molar-refractivity contribution is -0.134. The van der Waals surface area contributed by atoms with E-state index in [9.17, 15) is 4.79 Å². The van der Waals surface area contributed by atoms with Gasteiger partial charge in [0.15, 0.2) is 5.65 Å². The first-order valence-electron chi connectivity index (χ1n) is 8.50. The van der Waals surface area contributed by atoms with E-state index in [-0.39, 0.29) is 17.9 Å². The van der Waals surface area contributed by atoms with Crippen molar-refractivity contribution in [3.8, 4) is 0 Å². The number of aromatic nitrogens is 3. The molecule has 2 aliphatic heterocycles. The Hall–Kier alpha value is -1.95. The van der Waals surface area contributed by atoms with Gasteiger partial charge in [-0.05, 0) is 37.8 Å². The molecule has 0 unspecified atom stereocenters. The molecule has 2 saturated heterocycles. The first kappa shape index (κ1) is 14.6. The van der Waals surface area contributed by atoms with E-state index in [0.717, 1.165) is 56.9 Å². The van der Waals surface area contributed by atoms with Crippen molar-refractivity contribution in [3.05, 3.63) is 30.2 Å². The van der Waals surface area contributed by atoms with Crippen LogP contribution in [0.2, 0.25) is 0 Å². The van der Waals surface area contributed by atoms with Gasteiger partial charge in [-0.2, -0.15) is 0 Å². The van der Waals surface area contributed by atoms with Gasteiger partial charge in [0, 0.05) is 31.8 Å². The monoisotopic (exact) mass is 314 g/mol. The summed E-state index contributed by atoms with van der Waals surface area (Å²) in [6.07, 6.45) is 6.80. The number of fused-ring (bicyclic) bond motifs is 1. The second-order valence-corrected chi connectivity index (χ2v) is 6.51. The number of carbonyl (C=O) groups excluding carboxylic acids is 1. The number of hydrogen-bond donors (Lipinski definition) is 0. The van der Waals surface area contributed by atoms with Gasteiger partial charge in [0.25, 0.3) is 0 Å². The maximum Gasteiger partial charge on any atom is 0.225 e. The number of carbonyl (C=O) groups is 1. The number of rotatable bonds is 3. The quantitative estimate of drug-likeness (QED) is 0.869. The summed E-state index contributed by atoms with van der Waals surface area (Å²) in [6, 6.07) is 5.91. The topological polar surface area (TPSA) is 59.7 Å². The van der Waals surface area contributed by atoms with Crippen molar-refractivity contribution in [1.82, 2.24) is 19.5 Å². The molecule has 2 aromatic rings. The van der Waals surface area contributed by atoms with Crippen LogP contribution in [0.5, 0.6) is 0 Å². The normalized spacial score (nSPS) is 25.1. The van der Waals surface area contributed by atoms with E-state index < -0.39 is 0 Å². The van der Waals surface area contributed by atoms with Crippen LogP contribution in [0.25, 0.3) is 5.65 Å². The zero-order chi connectivity index (χ0) is 15.6. The van der Waals surface area contributed by atoms with Gasteiger partial charge >= 0.3 is 0 Å². The van der Waals surface area contributed by atoms with E-state index >= 15 is 0 Å². The Labute approximate surface area is 135 Å². The van der Waals surface area contributed by atoms with Crippen LogP contribution in [0.3, 0.4) is 0 Å². The molecule has 4 rings (SSSR count). The maximum absolute atomic E-state index is 12.5. The zero-order valence-corrected chi connectivity index (χ0v) is 13.2. The molecule has 2 aromatic heterocycles. The van der Waals surface area contributed by atoms with Gasteiger partial charge in [0.1, 0.15) is 5.82 Å². The molecule has 6 nitrogen and oxygen atoms in total. The summed E-state index contributed by atoms with van der Waals surface area (Å²) in [5.74, 6) is 1.44. The number of ether oxygens (including phenoxy) is 1. The van der Waals surface area contributed by atoms with Gasteiger partial charge in [-0.1, -0.05) is 6.07 Å². The summed E-state index contributed by atoms with van der Waals surface area (Å²) in [4.78, 5) is 14.5. The second-order valence-electron chi connectivity index (χ2n) is 6.51. The number of pyridine rings is 1. The highest BCUT2D eigenvalue weighted by atomic mass is 16.5. The van der Waals surface area contributed by atoms with Crippen LogP contribution < -0.4 is 0 Å². The van der Waals surface area contributed by atoms with E-state index in [0.29, 0.717) is 6.42 Å². The van der Waals surface area contributed by atoms with Crippen molar-refractivity contribution in [2.24, 2.45) is 0 Å². The fourth-order valence-corrected chi connectivity index (χ4v) is 3.68. The van der Waals surface area contributed by atoms with E-state index in [1.54, 1.807) is 0 Å². The predicted molar refractivity (Wildman–Crippen MR) is 85.1 cm³/mol. The molecule has 23 heavy (non-hydrogen) atoms. The van der Waals surface area contributed by atoms with E-state index in [4.69, 9.17) is 4.74 Å². The highest BCUT2D eigenvalue weighted by molar-refractivity contribution is 5.77. The Morgan fingerprint density at radius 3 is 3.09 bits per heavy atom. The summed E-state index contributed by atoms with van der Waals surface area (Å²) in [5, 5.41) is 8.60. The van der Waals surface area contributed by atoms with Crippen molar-refractivity contribution in [2.45, 2.75) is 44.1 Å². The molecule has 0 saturated carbocycles. The first-order chi connectivity index (χ1) is 11.3. The Bertz CT molecular complexity index is 693. The lowest BCUT2D eigenvalue weighted by Gasteiger charge is -2.32. The molecular weight excluding hydrogens is 292 g/mol. The summed E-state index contributed by atoms with van der Waals surface area (Å²) in [7, 11) is 0. The van der Waals surface area contributed by atoms with Gasteiger partial charge in [-0.25, -0.2) is 0 Å². The van der Waals surface area contributed by atoms with E-state index in [2.05, 4.69) is 10.2 Å². The molecule has 1 amide bonds. The molecule has 2 fully saturated rings. The molecule has 6 heteroatoms. The van der Waals surface area contributed by atoms with Crippen molar-refractivity contribution in [1.29, 1.82) is 0 Å². The molecule has 0 bridgehead atoms. The minimum Gasteiger partial charge on any atom is -0.378 e. The van der Waals surface area contributed by atoms with Gasteiger partial charge in [0.05, 0.1) is 12.5 Å². The Balaban J connectivity index is 1.47. The molecule has 2 aliphatic rings. The van der Waals surface area contributed by atoms with Crippen LogP contribution in [0, 0.1) is 0 Å². The van der Waals surface area contributed by atoms with Crippen LogP contribution in [0.1, 0.15) is 43.8 Å². The molecule has 0 radical (unpaired) electrons. The number of likely N-dealkylation sites (tertiary alicyclic amines) is 1. The highest BCUT2D eigenvalue weighted by Gasteiger charge is 2.29. The Kier molecular flexibility index (Phi) is 3.99. The Morgan fingerprint density at radius 1 is 1.26 bits per heavy atom. The third-order valence-corrected chi connectivity index (χ3v) is 4.91. The minimum atomic E-state index is 0.122. The highest BCUT2D eigenvalue weighted by Crippen LogP contribution is 2.27. The maximum atomic E-state index is 12.5.